The van der Waals surface area contributed by atoms with Gasteiger partial charge in [0.15, 0.2) is 5.82 Å². The van der Waals surface area contributed by atoms with Gasteiger partial charge in [-0.15, -0.1) is 0 Å². The summed E-state index contributed by atoms with van der Waals surface area (Å²) in [4.78, 5) is 28.9. The molecule has 3 aromatic rings. The van der Waals surface area contributed by atoms with Crippen LogP contribution >= 0.6 is 11.6 Å². The summed E-state index contributed by atoms with van der Waals surface area (Å²) in [5.74, 6) is -2.14. The Bertz CT molecular complexity index is 1290. The Morgan fingerprint density at radius 2 is 1.66 bits per heavy atom. The van der Waals surface area contributed by atoms with Crippen molar-refractivity contribution in [2.75, 3.05) is 49.2 Å². The van der Waals surface area contributed by atoms with Gasteiger partial charge in [0.25, 0.3) is 5.91 Å². The van der Waals surface area contributed by atoms with Gasteiger partial charge in [-0.25, -0.2) is 9.18 Å². The van der Waals surface area contributed by atoms with E-state index in [1.807, 2.05) is 18.2 Å². The number of hydrogen-bond acceptors (Lipinski definition) is 5. The Kier molecular flexibility index (Phi) is 6.95. The Balaban J connectivity index is 1.73. The predicted molar refractivity (Wildman–Crippen MR) is 137 cm³/mol. The van der Waals surface area contributed by atoms with Crippen molar-refractivity contribution in [3.05, 3.63) is 76.1 Å². The van der Waals surface area contributed by atoms with Gasteiger partial charge in [-0.3, -0.25) is 4.79 Å². The van der Waals surface area contributed by atoms with Gasteiger partial charge in [0, 0.05) is 31.7 Å². The van der Waals surface area contributed by atoms with Crippen molar-refractivity contribution in [1.29, 1.82) is 0 Å². The van der Waals surface area contributed by atoms with Gasteiger partial charge < -0.3 is 26.0 Å². The van der Waals surface area contributed by atoms with E-state index in [0.717, 1.165) is 43.0 Å². The van der Waals surface area contributed by atoms with Gasteiger partial charge in [0.05, 0.1) is 33.2 Å². The highest BCUT2D eigenvalue weighted by Crippen LogP contribution is 2.34. The van der Waals surface area contributed by atoms with Crippen LogP contribution in [0, 0.1) is 12.7 Å². The number of carboxylic acid groups (broad SMARTS) is 1. The molecule has 1 aliphatic rings. The van der Waals surface area contributed by atoms with Crippen LogP contribution in [0.3, 0.4) is 0 Å². The normalized spacial score (nSPS) is 14.1. The molecule has 0 aromatic heterocycles. The second kappa shape index (κ2) is 9.93. The van der Waals surface area contributed by atoms with Gasteiger partial charge in [0.2, 0.25) is 0 Å². The van der Waals surface area contributed by atoms with Crippen molar-refractivity contribution in [3.63, 3.8) is 0 Å². The van der Waals surface area contributed by atoms with E-state index in [1.54, 1.807) is 12.1 Å². The molecule has 0 atom stereocenters. The number of amides is 1. The number of nitrogens with zero attached hydrogens (tertiary/aromatic N) is 2. The number of hydrogen-bond donors (Lipinski definition) is 3. The number of aromatic carboxylic acids is 1. The Morgan fingerprint density at radius 1 is 1.03 bits per heavy atom. The van der Waals surface area contributed by atoms with Crippen LogP contribution in [0.2, 0.25) is 5.02 Å². The molecule has 0 aliphatic carbocycles. The highest BCUT2D eigenvalue weighted by atomic mass is 35.5. The molecule has 182 valence electrons. The number of likely N-dealkylation sites (N-methyl/N-ethyl adjacent to an activating group) is 1. The van der Waals surface area contributed by atoms with Crippen LogP contribution in [0.1, 0.15) is 26.3 Å². The predicted octanol–water partition coefficient (Wildman–Crippen LogP) is 4.74. The zero-order valence-electron chi connectivity index (χ0n) is 19.4. The zero-order chi connectivity index (χ0) is 25.3. The van der Waals surface area contributed by atoms with Crippen LogP contribution in [-0.4, -0.2) is 55.1 Å². The fourth-order valence-corrected chi connectivity index (χ4v) is 4.32. The number of nitrogen functional groups attached to an aromatic ring is 1. The average molecular weight is 497 g/mol. The quantitative estimate of drug-likeness (QED) is 0.441. The minimum atomic E-state index is -0.999. The second-order valence-electron chi connectivity index (χ2n) is 8.63. The lowest BCUT2D eigenvalue weighted by Crippen LogP contribution is -2.44. The number of benzene rings is 3. The number of carbonyl (C=O) groups excluding carboxylic acids is 1. The van der Waals surface area contributed by atoms with E-state index in [0.29, 0.717) is 5.69 Å². The first-order valence-corrected chi connectivity index (χ1v) is 11.5. The number of halogens is 2. The van der Waals surface area contributed by atoms with Crippen molar-refractivity contribution in [2.45, 2.75) is 6.92 Å². The van der Waals surface area contributed by atoms with Gasteiger partial charge in [-0.05, 0) is 55.4 Å². The largest absolute Gasteiger partial charge is 0.478 e. The summed E-state index contributed by atoms with van der Waals surface area (Å²) in [6.07, 6.45) is 0. The van der Waals surface area contributed by atoms with Crippen LogP contribution in [0.5, 0.6) is 0 Å². The standard InChI is InChI=1S/C26H26ClFN4O3/c1-15-23(27)19(14-20(29)24(15)28)25(33)30-21-13-18(16-3-5-17(6-4-16)26(34)35)7-8-22(21)32-11-9-31(2)10-12-32/h3-8,13-14H,9-12,29H2,1-2H3,(H,30,33)(H,34,35). The van der Waals surface area contributed by atoms with E-state index >= 15 is 0 Å². The fourth-order valence-electron chi connectivity index (χ4n) is 4.10. The molecular weight excluding hydrogens is 471 g/mol. The zero-order valence-corrected chi connectivity index (χ0v) is 20.2. The highest BCUT2D eigenvalue weighted by Gasteiger charge is 2.22. The minimum absolute atomic E-state index is 0.00996. The maximum absolute atomic E-state index is 14.1. The number of nitrogens with one attached hydrogen (secondary N) is 1. The smallest absolute Gasteiger partial charge is 0.335 e. The number of carboxylic acids is 1. The van der Waals surface area contributed by atoms with E-state index in [9.17, 15) is 19.1 Å². The van der Waals surface area contributed by atoms with Crippen molar-refractivity contribution >= 4 is 40.5 Å². The van der Waals surface area contributed by atoms with Crippen LogP contribution in [0.4, 0.5) is 21.5 Å². The van der Waals surface area contributed by atoms with Crippen molar-refractivity contribution < 1.29 is 19.1 Å². The van der Waals surface area contributed by atoms with E-state index in [1.165, 1.54) is 25.1 Å². The third-order valence-electron chi connectivity index (χ3n) is 6.25. The van der Waals surface area contributed by atoms with Crippen molar-refractivity contribution in [2.24, 2.45) is 0 Å². The Labute approximate surface area is 207 Å². The SMILES string of the molecule is Cc1c(F)c(N)cc(C(=O)Nc2cc(-c3ccc(C(=O)O)cc3)ccc2N2CCN(C)CC2)c1Cl. The number of nitrogens with two attached hydrogens (primary N) is 1. The number of anilines is 3. The van der Waals surface area contributed by atoms with E-state index in [2.05, 4.69) is 22.2 Å². The van der Waals surface area contributed by atoms with Gasteiger partial charge >= 0.3 is 5.97 Å². The molecule has 0 unspecified atom stereocenters. The van der Waals surface area contributed by atoms with Gasteiger partial charge in [-0.1, -0.05) is 29.8 Å². The Morgan fingerprint density at radius 3 is 2.29 bits per heavy atom. The lowest BCUT2D eigenvalue weighted by molar-refractivity contribution is 0.0696. The van der Waals surface area contributed by atoms with Crippen molar-refractivity contribution in [1.82, 2.24) is 4.90 Å². The topological polar surface area (TPSA) is 98.9 Å². The molecule has 1 fully saturated rings. The number of carbonyl (C=O) groups is 2. The van der Waals surface area contributed by atoms with Gasteiger partial charge in [-0.2, -0.15) is 0 Å². The van der Waals surface area contributed by atoms with Crippen LogP contribution in [0.25, 0.3) is 11.1 Å². The molecule has 4 N–H and O–H groups in total. The summed E-state index contributed by atoms with van der Waals surface area (Å²) in [6.45, 7) is 4.81. The molecule has 1 heterocycles. The molecule has 1 amide bonds. The lowest BCUT2D eigenvalue weighted by Gasteiger charge is -2.35. The first kappa shape index (κ1) is 24.5. The molecule has 35 heavy (non-hydrogen) atoms. The maximum atomic E-state index is 14.1. The second-order valence-corrected chi connectivity index (χ2v) is 9.00. The summed E-state index contributed by atoms with van der Waals surface area (Å²) < 4.78 is 14.1. The molecule has 7 nitrogen and oxygen atoms in total. The molecule has 0 spiro atoms. The number of piperazine rings is 1. The molecule has 0 radical (unpaired) electrons. The third kappa shape index (κ3) is 5.08. The molecule has 0 saturated carbocycles. The minimum Gasteiger partial charge on any atom is -0.478 e. The summed E-state index contributed by atoms with van der Waals surface area (Å²) in [5.41, 5.74) is 9.00. The summed E-state index contributed by atoms with van der Waals surface area (Å²) in [6, 6.07) is 13.5. The van der Waals surface area contributed by atoms with Gasteiger partial charge in [0.1, 0.15) is 0 Å². The molecule has 1 aliphatic heterocycles. The summed E-state index contributed by atoms with van der Waals surface area (Å²) >= 11 is 6.28. The molecule has 3 aromatic carbocycles. The molecule has 9 heteroatoms. The summed E-state index contributed by atoms with van der Waals surface area (Å²) in [5, 5.41) is 12.1. The molecular formula is C26H26ClFN4O3. The lowest BCUT2D eigenvalue weighted by atomic mass is 10.0. The molecule has 4 rings (SSSR count). The third-order valence-corrected chi connectivity index (χ3v) is 6.73. The Hall–Kier alpha value is -3.62. The number of rotatable bonds is 5. The fraction of sp³-hybridized carbons (Fsp3) is 0.231. The first-order valence-electron chi connectivity index (χ1n) is 11.1. The van der Waals surface area contributed by atoms with Crippen molar-refractivity contribution in [3.8, 4) is 11.1 Å². The first-order chi connectivity index (χ1) is 16.7. The monoisotopic (exact) mass is 496 g/mol. The summed E-state index contributed by atoms with van der Waals surface area (Å²) in [7, 11) is 2.06. The molecule has 1 saturated heterocycles. The van der Waals surface area contributed by atoms with E-state index < -0.39 is 17.7 Å². The van der Waals surface area contributed by atoms with E-state index in [4.69, 9.17) is 17.3 Å². The van der Waals surface area contributed by atoms with Crippen LogP contribution in [-0.2, 0) is 0 Å². The van der Waals surface area contributed by atoms with E-state index in [-0.39, 0.29) is 27.4 Å². The maximum Gasteiger partial charge on any atom is 0.335 e. The van der Waals surface area contributed by atoms with Crippen LogP contribution < -0.4 is 16.0 Å². The average Bonchev–Trinajstić information content (AvgIpc) is 2.85. The molecule has 0 bridgehead atoms. The van der Waals surface area contributed by atoms with Crippen LogP contribution in [0.15, 0.2) is 48.5 Å². The highest BCUT2D eigenvalue weighted by molar-refractivity contribution is 6.35.